The summed E-state index contributed by atoms with van der Waals surface area (Å²) >= 11 is 9.34. The van der Waals surface area contributed by atoms with Crippen molar-refractivity contribution in [3.05, 3.63) is 39.6 Å². The van der Waals surface area contributed by atoms with Crippen molar-refractivity contribution < 1.29 is 0 Å². The molecule has 106 valence electrons. The Balaban J connectivity index is 2.15. The van der Waals surface area contributed by atoms with E-state index in [-0.39, 0.29) is 5.28 Å². The van der Waals surface area contributed by atoms with Crippen LogP contribution < -0.4 is 10.2 Å². The highest BCUT2D eigenvalue weighted by atomic mass is 79.9. The Morgan fingerprint density at radius 1 is 1.20 bits per heavy atom. The van der Waals surface area contributed by atoms with Crippen LogP contribution in [-0.4, -0.2) is 28.5 Å². The normalized spacial score (nSPS) is 10.4. The summed E-state index contributed by atoms with van der Waals surface area (Å²) < 4.78 is 1.06. The van der Waals surface area contributed by atoms with Gasteiger partial charge in [-0.05, 0) is 36.2 Å². The molecule has 0 atom stereocenters. The zero-order valence-corrected chi connectivity index (χ0v) is 13.6. The average molecular weight is 357 g/mol. The molecule has 0 saturated heterocycles. The van der Waals surface area contributed by atoms with Crippen LogP contribution in [-0.2, 0) is 6.54 Å². The van der Waals surface area contributed by atoms with E-state index in [1.807, 2.05) is 31.0 Å². The highest BCUT2D eigenvalue weighted by molar-refractivity contribution is 9.10. The van der Waals surface area contributed by atoms with E-state index in [1.165, 1.54) is 0 Å². The molecule has 0 aliphatic rings. The Morgan fingerprint density at radius 2 is 1.90 bits per heavy atom. The lowest BCUT2D eigenvalue weighted by Gasteiger charge is -2.17. The van der Waals surface area contributed by atoms with Crippen molar-refractivity contribution in [1.82, 2.24) is 15.0 Å². The third-order valence-corrected chi connectivity index (χ3v) is 3.30. The summed E-state index contributed by atoms with van der Waals surface area (Å²) in [4.78, 5) is 14.4. The summed E-state index contributed by atoms with van der Waals surface area (Å²) in [5, 5.41) is 3.22. The average Bonchev–Trinajstić information content (AvgIpc) is 2.41. The minimum absolute atomic E-state index is 0.189. The van der Waals surface area contributed by atoms with Crippen LogP contribution in [0.25, 0.3) is 0 Å². The van der Waals surface area contributed by atoms with Crippen LogP contribution >= 0.6 is 27.5 Å². The number of hydrogen-bond donors (Lipinski definition) is 1. The second-order valence-corrected chi connectivity index (χ2v) is 5.49. The number of aromatic nitrogens is 3. The molecule has 1 heterocycles. The molecule has 0 aliphatic carbocycles. The topological polar surface area (TPSA) is 53.9 Å². The highest BCUT2D eigenvalue weighted by Crippen LogP contribution is 2.16. The number of hydrogen-bond acceptors (Lipinski definition) is 5. The van der Waals surface area contributed by atoms with Gasteiger partial charge in [-0.2, -0.15) is 15.0 Å². The Hall–Kier alpha value is -1.40. The maximum atomic E-state index is 5.92. The first-order chi connectivity index (χ1) is 9.58. The second-order valence-electron chi connectivity index (χ2n) is 4.24. The molecule has 1 aromatic heterocycles. The van der Waals surface area contributed by atoms with Gasteiger partial charge in [0.15, 0.2) is 0 Å². The quantitative estimate of drug-likeness (QED) is 0.890. The molecule has 1 N–H and O–H groups in total. The molecular formula is C13H15BrClN5. The summed E-state index contributed by atoms with van der Waals surface area (Å²) in [5.41, 5.74) is 1.16. The first-order valence-corrected chi connectivity index (χ1v) is 7.36. The van der Waals surface area contributed by atoms with Gasteiger partial charge in [0.2, 0.25) is 17.2 Å². The Bertz CT molecular complexity index is 575. The van der Waals surface area contributed by atoms with Gasteiger partial charge in [0.25, 0.3) is 0 Å². The van der Waals surface area contributed by atoms with Gasteiger partial charge in [0, 0.05) is 24.6 Å². The SMILES string of the molecule is CCNc1nc(Cl)nc(N(C)Cc2ccc(Br)cc2)n1. The van der Waals surface area contributed by atoms with Crippen LogP contribution in [0.3, 0.4) is 0 Å². The summed E-state index contributed by atoms with van der Waals surface area (Å²) in [7, 11) is 1.92. The lowest BCUT2D eigenvalue weighted by atomic mass is 10.2. The van der Waals surface area contributed by atoms with Gasteiger partial charge < -0.3 is 10.2 Å². The zero-order chi connectivity index (χ0) is 14.5. The Morgan fingerprint density at radius 3 is 2.55 bits per heavy atom. The van der Waals surface area contributed by atoms with Crippen molar-refractivity contribution in [2.75, 3.05) is 23.8 Å². The highest BCUT2D eigenvalue weighted by Gasteiger charge is 2.09. The third kappa shape index (κ3) is 4.05. The fourth-order valence-corrected chi connectivity index (χ4v) is 2.10. The number of anilines is 2. The van der Waals surface area contributed by atoms with Crippen molar-refractivity contribution in [3.8, 4) is 0 Å². The van der Waals surface area contributed by atoms with Crippen molar-refractivity contribution in [2.24, 2.45) is 0 Å². The molecule has 0 bridgehead atoms. The van der Waals surface area contributed by atoms with Gasteiger partial charge in [0.1, 0.15) is 0 Å². The molecule has 0 spiro atoms. The van der Waals surface area contributed by atoms with Gasteiger partial charge in [-0.3, -0.25) is 0 Å². The monoisotopic (exact) mass is 355 g/mol. The molecule has 0 amide bonds. The smallest absolute Gasteiger partial charge is 0.231 e. The van der Waals surface area contributed by atoms with Crippen molar-refractivity contribution >= 4 is 39.4 Å². The van der Waals surface area contributed by atoms with E-state index in [9.17, 15) is 0 Å². The van der Waals surface area contributed by atoms with E-state index < -0.39 is 0 Å². The van der Waals surface area contributed by atoms with Gasteiger partial charge in [-0.15, -0.1) is 0 Å². The van der Waals surface area contributed by atoms with Crippen molar-refractivity contribution in [3.63, 3.8) is 0 Å². The van der Waals surface area contributed by atoms with Crippen LogP contribution in [0.4, 0.5) is 11.9 Å². The van der Waals surface area contributed by atoms with Gasteiger partial charge >= 0.3 is 0 Å². The Kier molecular flexibility index (Phi) is 5.14. The van der Waals surface area contributed by atoms with E-state index in [0.29, 0.717) is 18.4 Å². The maximum Gasteiger partial charge on any atom is 0.231 e. The largest absolute Gasteiger partial charge is 0.354 e. The molecule has 0 aliphatic heterocycles. The second kappa shape index (κ2) is 6.85. The maximum absolute atomic E-state index is 5.92. The zero-order valence-electron chi connectivity index (χ0n) is 11.3. The van der Waals surface area contributed by atoms with Crippen molar-refractivity contribution in [1.29, 1.82) is 0 Å². The molecule has 2 aromatic rings. The molecule has 1 aromatic carbocycles. The number of nitrogens with zero attached hydrogens (tertiary/aromatic N) is 4. The summed E-state index contributed by atoms with van der Waals surface area (Å²) in [5.74, 6) is 1.04. The summed E-state index contributed by atoms with van der Waals surface area (Å²) in [6, 6.07) is 8.12. The van der Waals surface area contributed by atoms with E-state index in [2.05, 4.69) is 48.3 Å². The molecule has 7 heteroatoms. The summed E-state index contributed by atoms with van der Waals surface area (Å²) in [6.07, 6.45) is 0. The minimum atomic E-state index is 0.189. The molecular weight excluding hydrogens is 342 g/mol. The van der Waals surface area contributed by atoms with Gasteiger partial charge in [-0.25, -0.2) is 0 Å². The van der Waals surface area contributed by atoms with Crippen LogP contribution in [0.2, 0.25) is 5.28 Å². The molecule has 0 unspecified atom stereocenters. The number of nitrogens with one attached hydrogen (secondary N) is 1. The molecule has 2 rings (SSSR count). The predicted octanol–water partition coefficient (Wildman–Crippen LogP) is 3.36. The Labute approximate surface area is 131 Å². The molecule has 0 saturated carbocycles. The first-order valence-electron chi connectivity index (χ1n) is 6.19. The van der Waals surface area contributed by atoms with Gasteiger partial charge in [-0.1, -0.05) is 28.1 Å². The number of benzene rings is 1. The number of rotatable bonds is 5. The van der Waals surface area contributed by atoms with E-state index >= 15 is 0 Å². The van der Waals surface area contributed by atoms with E-state index in [4.69, 9.17) is 11.6 Å². The van der Waals surface area contributed by atoms with Crippen LogP contribution in [0, 0.1) is 0 Å². The van der Waals surface area contributed by atoms with Crippen LogP contribution in [0.1, 0.15) is 12.5 Å². The molecule has 5 nitrogen and oxygen atoms in total. The molecule has 0 fully saturated rings. The fraction of sp³-hybridized carbons (Fsp3) is 0.308. The molecule has 0 radical (unpaired) electrons. The van der Waals surface area contributed by atoms with Gasteiger partial charge in [0.05, 0.1) is 0 Å². The minimum Gasteiger partial charge on any atom is -0.354 e. The van der Waals surface area contributed by atoms with E-state index in [1.54, 1.807) is 0 Å². The van der Waals surface area contributed by atoms with E-state index in [0.717, 1.165) is 16.6 Å². The lowest BCUT2D eigenvalue weighted by molar-refractivity contribution is 0.852. The molecule has 20 heavy (non-hydrogen) atoms. The standard InChI is InChI=1S/C13H15BrClN5/c1-3-16-12-17-11(15)18-13(19-12)20(2)8-9-4-6-10(14)7-5-9/h4-7H,3,8H2,1-2H3,(H,16,17,18,19). The van der Waals surface area contributed by atoms with Crippen LogP contribution in [0.5, 0.6) is 0 Å². The van der Waals surface area contributed by atoms with Crippen molar-refractivity contribution in [2.45, 2.75) is 13.5 Å². The predicted molar refractivity (Wildman–Crippen MR) is 85.2 cm³/mol. The fourth-order valence-electron chi connectivity index (χ4n) is 1.68. The number of halogens is 2. The van der Waals surface area contributed by atoms with Crippen LogP contribution in [0.15, 0.2) is 28.7 Å². The lowest BCUT2D eigenvalue weighted by Crippen LogP contribution is -2.20. The summed E-state index contributed by atoms with van der Waals surface area (Å²) in [6.45, 7) is 3.40. The first kappa shape index (κ1) is 15.0. The third-order valence-electron chi connectivity index (χ3n) is 2.61.